The molecule has 0 aliphatic heterocycles. The number of benzene rings is 2. The fraction of sp³-hybridized carbons (Fsp3) is 0.200. The SMILES string of the molecule is O=C(OCc1cc(-c2ccccc2)on1)c1ccc(S(=O)(=O)NC2CC2)cc1. The monoisotopic (exact) mass is 398 g/mol. The first kappa shape index (κ1) is 18.4. The molecule has 7 nitrogen and oxygen atoms in total. The minimum Gasteiger partial charge on any atom is -0.455 e. The minimum absolute atomic E-state index is 0.0258. The molecule has 1 aliphatic carbocycles. The Morgan fingerprint density at radius 3 is 2.50 bits per heavy atom. The lowest BCUT2D eigenvalue weighted by Gasteiger charge is -2.06. The standard InChI is InChI=1S/C20H18N2O5S/c23-20(15-6-10-18(11-7-15)28(24,25)22-16-8-9-16)26-13-17-12-19(27-21-17)14-4-2-1-3-5-14/h1-7,10-12,16,22H,8-9,13H2. The molecule has 0 bridgehead atoms. The number of aromatic nitrogens is 1. The first-order valence-corrected chi connectivity index (χ1v) is 10.3. The number of sulfonamides is 1. The topological polar surface area (TPSA) is 98.5 Å². The Morgan fingerprint density at radius 1 is 1.11 bits per heavy atom. The van der Waals surface area contributed by atoms with E-state index in [2.05, 4.69) is 9.88 Å². The zero-order valence-corrected chi connectivity index (χ0v) is 15.7. The van der Waals surface area contributed by atoms with Crippen molar-refractivity contribution in [3.05, 3.63) is 71.9 Å². The van der Waals surface area contributed by atoms with Gasteiger partial charge in [0.25, 0.3) is 0 Å². The van der Waals surface area contributed by atoms with Crippen LogP contribution in [-0.2, 0) is 21.4 Å². The van der Waals surface area contributed by atoms with Crippen molar-refractivity contribution in [1.82, 2.24) is 9.88 Å². The Morgan fingerprint density at radius 2 is 1.82 bits per heavy atom. The van der Waals surface area contributed by atoms with Gasteiger partial charge in [-0.1, -0.05) is 35.5 Å². The van der Waals surface area contributed by atoms with Gasteiger partial charge in [-0.15, -0.1) is 0 Å². The summed E-state index contributed by atoms with van der Waals surface area (Å²) < 4.78 is 37.4. The van der Waals surface area contributed by atoms with Gasteiger partial charge in [0.05, 0.1) is 10.5 Å². The quantitative estimate of drug-likeness (QED) is 0.614. The van der Waals surface area contributed by atoms with Crippen molar-refractivity contribution in [2.45, 2.75) is 30.4 Å². The second-order valence-electron chi connectivity index (χ2n) is 6.54. The van der Waals surface area contributed by atoms with Gasteiger partial charge in [0.15, 0.2) is 5.76 Å². The zero-order valence-electron chi connectivity index (χ0n) is 14.9. The van der Waals surface area contributed by atoms with Crippen LogP contribution in [0.15, 0.2) is 70.1 Å². The van der Waals surface area contributed by atoms with E-state index in [0.717, 1.165) is 18.4 Å². The molecule has 1 aliphatic rings. The van der Waals surface area contributed by atoms with Crippen LogP contribution in [0.25, 0.3) is 11.3 Å². The number of carbonyl (C=O) groups excluding carboxylic acids is 1. The molecule has 0 amide bonds. The molecular formula is C20H18N2O5S. The Balaban J connectivity index is 1.37. The third-order valence-corrected chi connectivity index (χ3v) is 5.80. The fourth-order valence-corrected chi connectivity index (χ4v) is 3.90. The van der Waals surface area contributed by atoms with E-state index < -0.39 is 16.0 Å². The van der Waals surface area contributed by atoms with Crippen molar-refractivity contribution in [2.24, 2.45) is 0 Å². The highest BCUT2D eigenvalue weighted by atomic mass is 32.2. The largest absolute Gasteiger partial charge is 0.455 e. The van der Waals surface area contributed by atoms with Crippen LogP contribution in [0.3, 0.4) is 0 Å². The number of esters is 1. The first-order chi connectivity index (χ1) is 13.5. The summed E-state index contributed by atoms with van der Waals surface area (Å²) in [5, 5.41) is 3.90. The molecule has 1 saturated carbocycles. The van der Waals surface area contributed by atoms with Crippen molar-refractivity contribution in [3.8, 4) is 11.3 Å². The van der Waals surface area contributed by atoms with Gasteiger partial charge in [-0.3, -0.25) is 0 Å². The molecule has 1 fully saturated rings. The molecule has 4 rings (SSSR count). The van der Waals surface area contributed by atoms with Crippen LogP contribution in [0.2, 0.25) is 0 Å². The van der Waals surface area contributed by atoms with E-state index in [0.29, 0.717) is 11.5 Å². The first-order valence-electron chi connectivity index (χ1n) is 8.82. The van der Waals surface area contributed by atoms with E-state index >= 15 is 0 Å². The van der Waals surface area contributed by atoms with Crippen molar-refractivity contribution in [3.63, 3.8) is 0 Å². The van der Waals surface area contributed by atoms with Crippen LogP contribution in [-0.4, -0.2) is 25.6 Å². The smallest absolute Gasteiger partial charge is 0.338 e. The van der Waals surface area contributed by atoms with Gasteiger partial charge in [0, 0.05) is 17.7 Å². The van der Waals surface area contributed by atoms with Crippen LogP contribution >= 0.6 is 0 Å². The summed E-state index contributed by atoms with van der Waals surface area (Å²) >= 11 is 0. The van der Waals surface area contributed by atoms with Crippen molar-refractivity contribution in [1.29, 1.82) is 0 Å². The van der Waals surface area contributed by atoms with Crippen LogP contribution in [0.1, 0.15) is 28.9 Å². The second-order valence-corrected chi connectivity index (χ2v) is 8.26. The number of rotatable bonds is 7. The Bertz CT molecular complexity index is 1070. The summed E-state index contributed by atoms with van der Waals surface area (Å²) in [4.78, 5) is 12.3. The highest BCUT2D eigenvalue weighted by Crippen LogP contribution is 2.23. The van der Waals surface area contributed by atoms with E-state index in [4.69, 9.17) is 9.26 Å². The van der Waals surface area contributed by atoms with Gasteiger partial charge < -0.3 is 9.26 Å². The summed E-state index contributed by atoms with van der Waals surface area (Å²) in [6.45, 7) is -0.0432. The highest BCUT2D eigenvalue weighted by molar-refractivity contribution is 7.89. The normalized spacial score (nSPS) is 14.0. The summed E-state index contributed by atoms with van der Waals surface area (Å²) in [6.07, 6.45) is 1.72. The molecule has 0 saturated heterocycles. The zero-order chi connectivity index (χ0) is 19.6. The maximum absolute atomic E-state index is 12.2. The Labute approximate surface area is 162 Å². The number of nitrogens with one attached hydrogen (secondary N) is 1. The summed E-state index contributed by atoms with van der Waals surface area (Å²) in [6, 6.07) is 16.9. The van der Waals surface area contributed by atoms with Crippen LogP contribution in [0.4, 0.5) is 0 Å². The van der Waals surface area contributed by atoms with Crippen LogP contribution < -0.4 is 4.72 Å². The number of hydrogen-bond acceptors (Lipinski definition) is 6. The molecule has 0 unspecified atom stereocenters. The molecule has 1 aromatic heterocycles. The Kier molecular flexibility index (Phi) is 4.97. The molecule has 28 heavy (non-hydrogen) atoms. The molecule has 2 aromatic carbocycles. The second kappa shape index (κ2) is 7.57. The molecule has 1 N–H and O–H groups in total. The third kappa shape index (κ3) is 4.29. The van der Waals surface area contributed by atoms with E-state index in [1.807, 2.05) is 30.3 Å². The number of nitrogens with zero attached hydrogens (tertiary/aromatic N) is 1. The van der Waals surface area contributed by atoms with E-state index in [9.17, 15) is 13.2 Å². The molecule has 3 aromatic rings. The number of ether oxygens (including phenoxy) is 1. The molecule has 0 radical (unpaired) electrons. The van der Waals surface area contributed by atoms with Crippen molar-refractivity contribution in [2.75, 3.05) is 0 Å². The van der Waals surface area contributed by atoms with Gasteiger partial charge in [0.2, 0.25) is 10.0 Å². The molecule has 8 heteroatoms. The molecular weight excluding hydrogens is 380 g/mol. The molecule has 0 spiro atoms. The van der Waals surface area contributed by atoms with E-state index in [-0.39, 0.29) is 23.1 Å². The number of carbonyl (C=O) groups is 1. The average molecular weight is 398 g/mol. The van der Waals surface area contributed by atoms with Gasteiger partial charge >= 0.3 is 5.97 Å². The lowest BCUT2D eigenvalue weighted by molar-refractivity contribution is 0.0464. The van der Waals surface area contributed by atoms with Gasteiger partial charge in [-0.25, -0.2) is 17.9 Å². The predicted octanol–water partition coefficient (Wildman–Crippen LogP) is 3.14. The van der Waals surface area contributed by atoms with E-state index in [1.165, 1.54) is 24.3 Å². The van der Waals surface area contributed by atoms with Crippen molar-refractivity contribution >= 4 is 16.0 Å². The average Bonchev–Trinajstić information content (AvgIpc) is 3.39. The summed E-state index contributed by atoms with van der Waals surface area (Å²) in [5.74, 6) is 0.0210. The summed E-state index contributed by atoms with van der Waals surface area (Å²) in [5.41, 5.74) is 1.63. The third-order valence-electron chi connectivity index (χ3n) is 4.27. The molecule has 144 valence electrons. The van der Waals surface area contributed by atoms with Gasteiger partial charge in [-0.2, -0.15) is 0 Å². The maximum atomic E-state index is 12.2. The summed E-state index contributed by atoms with van der Waals surface area (Å²) in [7, 11) is -3.54. The maximum Gasteiger partial charge on any atom is 0.338 e. The minimum atomic E-state index is -3.54. The predicted molar refractivity (Wildman–Crippen MR) is 101 cm³/mol. The van der Waals surface area contributed by atoms with Crippen molar-refractivity contribution < 1.29 is 22.5 Å². The van der Waals surface area contributed by atoms with E-state index in [1.54, 1.807) is 6.07 Å². The van der Waals surface area contributed by atoms with Gasteiger partial charge in [-0.05, 0) is 37.1 Å². The van der Waals surface area contributed by atoms with Gasteiger partial charge in [0.1, 0.15) is 12.3 Å². The molecule has 1 heterocycles. The Hall–Kier alpha value is -2.97. The van der Waals surface area contributed by atoms with Crippen LogP contribution in [0.5, 0.6) is 0 Å². The lowest BCUT2D eigenvalue weighted by Crippen LogP contribution is -2.25. The van der Waals surface area contributed by atoms with Crippen LogP contribution in [0, 0.1) is 0 Å². The fourth-order valence-electron chi connectivity index (χ4n) is 2.60. The highest BCUT2D eigenvalue weighted by Gasteiger charge is 2.28. The lowest BCUT2D eigenvalue weighted by atomic mass is 10.2. The number of hydrogen-bond donors (Lipinski definition) is 1. The molecule has 0 atom stereocenters.